The van der Waals surface area contributed by atoms with E-state index in [1.807, 2.05) is 5.38 Å². The summed E-state index contributed by atoms with van der Waals surface area (Å²) in [6.45, 7) is 2.65. The first-order chi connectivity index (χ1) is 9.26. The highest BCUT2D eigenvalue weighted by molar-refractivity contribution is 7.09. The van der Waals surface area contributed by atoms with Crippen molar-refractivity contribution in [3.05, 3.63) is 39.8 Å². The van der Waals surface area contributed by atoms with Crippen LogP contribution in [0.3, 0.4) is 0 Å². The first kappa shape index (κ1) is 12.2. The average Bonchev–Trinajstić information content (AvgIpc) is 3.03. The predicted molar refractivity (Wildman–Crippen MR) is 72.1 cm³/mol. The SMILES string of the molecule is CCc1nc(COc2ccc3c(c2)OCC3=O)cs1. The lowest BCUT2D eigenvalue weighted by Crippen LogP contribution is -1.98. The lowest BCUT2D eigenvalue weighted by Gasteiger charge is -2.05. The average molecular weight is 275 g/mol. The van der Waals surface area contributed by atoms with Gasteiger partial charge in [-0.25, -0.2) is 4.98 Å². The fourth-order valence-corrected chi connectivity index (χ4v) is 2.63. The molecule has 98 valence electrons. The van der Waals surface area contributed by atoms with Gasteiger partial charge in [-0.2, -0.15) is 0 Å². The minimum atomic E-state index is 0.0219. The summed E-state index contributed by atoms with van der Waals surface area (Å²) >= 11 is 1.64. The van der Waals surface area contributed by atoms with E-state index in [-0.39, 0.29) is 12.4 Å². The minimum Gasteiger partial charge on any atom is -0.487 e. The van der Waals surface area contributed by atoms with E-state index in [1.54, 1.807) is 29.5 Å². The summed E-state index contributed by atoms with van der Waals surface area (Å²) in [7, 11) is 0. The van der Waals surface area contributed by atoms with Crippen molar-refractivity contribution in [2.24, 2.45) is 0 Å². The molecular formula is C14H13NO3S. The Morgan fingerprint density at radius 3 is 3.16 bits per heavy atom. The van der Waals surface area contributed by atoms with Crippen molar-refractivity contribution >= 4 is 17.1 Å². The van der Waals surface area contributed by atoms with Crippen LogP contribution in [0.2, 0.25) is 0 Å². The van der Waals surface area contributed by atoms with Gasteiger partial charge < -0.3 is 9.47 Å². The zero-order valence-electron chi connectivity index (χ0n) is 10.5. The lowest BCUT2D eigenvalue weighted by atomic mass is 10.1. The highest BCUT2D eigenvalue weighted by Crippen LogP contribution is 2.29. The van der Waals surface area contributed by atoms with E-state index in [2.05, 4.69) is 11.9 Å². The molecule has 0 fully saturated rings. The Hall–Kier alpha value is -1.88. The monoisotopic (exact) mass is 275 g/mol. The van der Waals surface area contributed by atoms with E-state index >= 15 is 0 Å². The minimum absolute atomic E-state index is 0.0219. The van der Waals surface area contributed by atoms with Crippen LogP contribution in [0.4, 0.5) is 0 Å². The van der Waals surface area contributed by atoms with Crippen molar-refractivity contribution in [1.29, 1.82) is 0 Å². The van der Waals surface area contributed by atoms with E-state index in [0.717, 1.165) is 17.1 Å². The van der Waals surface area contributed by atoms with Crippen LogP contribution in [0.5, 0.6) is 11.5 Å². The zero-order valence-corrected chi connectivity index (χ0v) is 11.3. The Morgan fingerprint density at radius 1 is 1.47 bits per heavy atom. The number of carbonyl (C=O) groups is 1. The molecule has 0 spiro atoms. The van der Waals surface area contributed by atoms with Gasteiger partial charge in [0.05, 0.1) is 16.3 Å². The van der Waals surface area contributed by atoms with Crippen LogP contribution in [0.15, 0.2) is 23.6 Å². The summed E-state index contributed by atoms with van der Waals surface area (Å²) in [5.74, 6) is 1.32. The number of ether oxygens (including phenoxy) is 2. The molecule has 2 aromatic rings. The number of Topliss-reactive ketones (excluding diaryl/α,β-unsaturated/α-hetero) is 1. The molecule has 0 aliphatic carbocycles. The third-order valence-electron chi connectivity index (χ3n) is 2.90. The molecule has 3 rings (SSSR count). The van der Waals surface area contributed by atoms with Crippen LogP contribution in [0.1, 0.15) is 28.0 Å². The number of hydrogen-bond acceptors (Lipinski definition) is 5. The number of aryl methyl sites for hydroxylation is 1. The second-order valence-corrected chi connectivity index (χ2v) is 5.19. The van der Waals surface area contributed by atoms with Crippen molar-refractivity contribution in [2.75, 3.05) is 6.61 Å². The predicted octanol–water partition coefficient (Wildman–Crippen LogP) is 2.86. The van der Waals surface area contributed by atoms with E-state index in [0.29, 0.717) is 23.7 Å². The number of nitrogens with zero attached hydrogens (tertiary/aromatic N) is 1. The molecule has 4 nitrogen and oxygen atoms in total. The van der Waals surface area contributed by atoms with Crippen LogP contribution in [-0.2, 0) is 13.0 Å². The molecule has 0 N–H and O–H groups in total. The maximum absolute atomic E-state index is 11.4. The van der Waals surface area contributed by atoms with E-state index < -0.39 is 0 Å². The zero-order chi connectivity index (χ0) is 13.2. The molecule has 0 amide bonds. The topological polar surface area (TPSA) is 48.4 Å². The number of aromatic nitrogens is 1. The second-order valence-electron chi connectivity index (χ2n) is 4.24. The quantitative estimate of drug-likeness (QED) is 0.861. The van der Waals surface area contributed by atoms with Gasteiger partial charge in [0.15, 0.2) is 6.61 Å². The van der Waals surface area contributed by atoms with Gasteiger partial charge in [0.1, 0.15) is 18.1 Å². The summed E-state index contributed by atoms with van der Waals surface area (Å²) in [5.41, 5.74) is 1.56. The molecule has 1 aromatic carbocycles. The molecular weight excluding hydrogens is 262 g/mol. The van der Waals surface area contributed by atoms with Crippen molar-refractivity contribution < 1.29 is 14.3 Å². The molecule has 5 heteroatoms. The second kappa shape index (κ2) is 5.01. The van der Waals surface area contributed by atoms with Crippen LogP contribution in [0.25, 0.3) is 0 Å². The van der Waals surface area contributed by atoms with Gasteiger partial charge in [0.25, 0.3) is 0 Å². The number of carbonyl (C=O) groups excluding carboxylic acids is 1. The Morgan fingerprint density at radius 2 is 2.37 bits per heavy atom. The maximum Gasteiger partial charge on any atom is 0.203 e. The molecule has 1 aliphatic rings. The maximum atomic E-state index is 11.4. The molecule has 1 aromatic heterocycles. The number of ketones is 1. The standard InChI is InChI=1S/C14H13NO3S/c1-2-14-15-9(8-19-14)6-17-10-3-4-11-12(16)7-18-13(11)5-10/h3-5,8H,2,6-7H2,1H3. The fourth-order valence-electron chi connectivity index (χ4n) is 1.90. The number of fused-ring (bicyclic) bond motifs is 1. The Kier molecular flexibility index (Phi) is 3.21. The Labute approximate surface area is 115 Å². The number of rotatable bonds is 4. The normalized spacial score (nSPS) is 13.2. The summed E-state index contributed by atoms with van der Waals surface area (Å²) in [5, 5.41) is 3.12. The molecule has 0 bridgehead atoms. The Bertz CT molecular complexity index is 621. The molecule has 0 radical (unpaired) electrons. The van der Waals surface area contributed by atoms with E-state index in [9.17, 15) is 4.79 Å². The molecule has 0 atom stereocenters. The van der Waals surface area contributed by atoms with E-state index in [4.69, 9.17) is 9.47 Å². The first-order valence-electron chi connectivity index (χ1n) is 6.12. The molecule has 0 unspecified atom stereocenters. The largest absolute Gasteiger partial charge is 0.487 e. The lowest BCUT2D eigenvalue weighted by molar-refractivity contribution is 0.0961. The first-order valence-corrected chi connectivity index (χ1v) is 7.00. The highest BCUT2D eigenvalue weighted by atomic mass is 32.1. The van der Waals surface area contributed by atoms with Gasteiger partial charge in [-0.15, -0.1) is 11.3 Å². The van der Waals surface area contributed by atoms with Gasteiger partial charge in [0.2, 0.25) is 5.78 Å². The molecule has 1 aliphatic heterocycles. The molecule has 2 heterocycles. The van der Waals surface area contributed by atoms with Gasteiger partial charge in [0, 0.05) is 11.4 Å². The summed E-state index contributed by atoms with van der Waals surface area (Å²) in [6, 6.07) is 5.30. The van der Waals surface area contributed by atoms with Gasteiger partial charge in [-0.1, -0.05) is 6.92 Å². The fraction of sp³-hybridized carbons (Fsp3) is 0.286. The molecule has 0 saturated heterocycles. The number of hydrogen-bond donors (Lipinski definition) is 0. The van der Waals surface area contributed by atoms with Gasteiger partial charge >= 0.3 is 0 Å². The number of thiazole rings is 1. The van der Waals surface area contributed by atoms with Crippen LogP contribution in [0, 0.1) is 0 Å². The van der Waals surface area contributed by atoms with Crippen LogP contribution < -0.4 is 9.47 Å². The number of benzene rings is 1. The van der Waals surface area contributed by atoms with Crippen molar-refractivity contribution in [2.45, 2.75) is 20.0 Å². The summed E-state index contributed by atoms with van der Waals surface area (Å²) < 4.78 is 10.9. The Balaban J connectivity index is 1.69. The third-order valence-corrected chi connectivity index (χ3v) is 3.94. The van der Waals surface area contributed by atoms with E-state index in [1.165, 1.54) is 0 Å². The van der Waals surface area contributed by atoms with Crippen molar-refractivity contribution in [1.82, 2.24) is 4.98 Å². The third kappa shape index (κ3) is 2.46. The van der Waals surface area contributed by atoms with Crippen LogP contribution in [-0.4, -0.2) is 17.4 Å². The summed E-state index contributed by atoms with van der Waals surface area (Å²) in [6.07, 6.45) is 0.944. The van der Waals surface area contributed by atoms with Crippen molar-refractivity contribution in [3.8, 4) is 11.5 Å². The summed E-state index contributed by atoms with van der Waals surface area (Å²) in [4.78, 5) is 15.9. The smallest absolute Gasteiger partial charge is 0.203 e. The molecule has 19 heavy (non-hydrogen) atoms. The van der Waals surface area contributed by atoms with Crippen molar-refractivity contribution in [3.63, 3.8) is 0 Å². The van der Waals surface area contributed by atoms with Crippen LogP contribution >= 0.6 is 11.3 Å². The van der Waals surface area contributed by atoms with Gasteiger partial charge in [-0.3, -0.25) is 4.79 Å². The molecule has 0 saturated carbocycles. The van der Waals surface area contributed by atoms with Gasteiger partial charge in [-0.05, 0) is 18.6 Å². The highest BCUT2D eigenvalue weighted by Gasteiger charge is 2.21.